The molecule has 1 aliphatic heterocycles. The van der Waals surface area contributed by atoms with Crippen LogP contribution in [-0.2, 0) is 13.1 Å². The summed E-state index contributed by atoms with van der Waals surface area (Å²) in [7, 11) is 4.04. The predicted molar refractivity (Wildman–Crippen MR) is 112 cm³/mol. The van der Waals surface area contributed by atoms with Gasteiger partial charge in [-0.1, -0.05) is 12.1 Å². The van der Waals surface area contributed by atoms with Crippen molar-refractivity contribution in [3.8, 4) is 22.5 Å². The number of amides is 1. The van der Waals surface area contributed by atoms with Crippen LogP contribution in [0, 0.1) is 6.92 Å². The summed E-state index contributed by atoms with van der Waals surface area (Å²) in [6, 6.07) is 10.0. The Kier molecular flexibility index (Phi) is 3.99. The summed E-state index contributed by atoms with van der Waals surface area (Å²) in [6.45, 7) is 3.27. The van der Waals surface area contributed by atoms with Gasteiger partial charge < -0.3 is 15.2 Å². The van der Waals surface area contributed by atoms with E-state index >= 15 is 0 Å². The number of carbonyl (C=O) groups is 1. The van der Waals surface area contributed by atoms with Crippen LogP contribution >= 0.6 is 0 Å². The lowest BCUT2D eigenvalue weighted by Crippen LogP contribution is -2.13. The van der Waals surface area contributed by atoms with Gasteiger partial charge in [-0.25, -0.2) is 9.50 Å². The van der Waals surface area contributed by atoms with E-state index in [1.54, 1.807) is 0 Å². The van der Waals surface area contributed by atoms with Gasteiger partial charge in [-0.2, -0.15) is 5.10 Å². The molecule has 0 saturated carbocycles. The number of nitrogens with zero attached hydrogens (tertiary/aromatic N) is 4. The average Bonchev–Trinajstić information content (AvgIpc) is 3.39. The third-order valence-corrected chi connectivity index (χ3v) is 5.39. The van der Waals surface area contributed by atoms with Crippen LogP contribution in [0.1, 0.15) is 27.3 Å². The highest BCUT2D eigenvalue weighted by atomic mass is 16.1. The molecule has 4 aromatic rings. The number of imidazole rings is 1. The van der Waals surface area contributed by atoms with E-state index in [1.807, 2.05) is 62.2 Å². The van der Waals surface area contributed by atoms with Gasteiger partial charge in [-0.15, -0.1) is 0 Å². The maximum Gasteiger partial charge on any atom is 0.252 e. The zero-order valence-electron chi connectivity index (χ0n) is 16.7. The Morgan fingerprint density at radius 1 is 1.14 bits per heavy atom. The van der Waals surface area contributed by atoms with Gasteiger partial charge in [0.05, 0.1) is 23.0 Å². The molecular formula is C22H22N6O. The molecule has 0 bridgehead atoms. The maximum absolute atomic E-state index is 12.7. The number of benzene rings is 1. The molecule has 0 fully saturated rings. The van der Waals surface area contributed by atoms with Crippen LogP contribution in [0.5, 0.6) is 0 Å². The van der Waals surface area contributed by atoms with Crippen molar-refractivity contribution < 1.29 is 4.79 Å². The number of H-pyrrole nitrogens is 1. The van der Waals surface area contributed by atoms with E-state index in [0.717, 1.165) is 51.5 Å². The quantitative estimate of drug-likeness (QED) is 0.565. The molecule has 29 heavy (non-hydrogen) atoms. The van der Waals surface area contributed by atoms with Crippen molar-refractivity contribution in [2.45, 2.75) is 20.0 Å². The van der Waals surface area contributed by atoms with Crippen molar-refractivity contribution in [2.24, 2.45) is 0 Å². The lowest BCUT2D eigenvalue weighted by atomic mass is 9.93. The smallest absolute Gasteiger partial charge is 0.252 e. The van der Waals surface area contributed by atoms with Crippen molar-refractivity contribution in [3.63, 3.8) is 0 Å². The van der Waals surface area contributed by atoms with Crippen LogP contribution in [0.2, 0.25) is 0 Å². The van der Waals surface area contributed by atoms with Crippen molar-refractivity contribution >= 4 is 11.4 Å². The first-order valence-corrected chi connectivity index (χ1v) is 9.60. The monoisotopic (exact) mass is 386 g/mol. The third kappa shape index (κ3) is 2.82. The van der Waals surface area contributed by atoms with Gasteiger partial charge >= 0.3 is 0 Å². The molecule has 1 aromatic carbocycles. The van der Waals surface area contributed by atoms with Gasteiger partial charge in [0.15, 0.2) is 0 Å². The number of hydrogen-bond acceptors (Lipinski definition) is 4. The second-order valence-corrected chi connectivity index (χ2v) is 7.68. The summed E-state index contributed by atoms with van der Waals surface area (Å²) in [6.07, 6.45) is 3.79. The summed E-state index contributed by atoms with van der Waals surface area (Å²) in [5.74, 6) is 0.676. The molecule has 0 radical (unpaired) electrons. The minimum Gasteiger partial charge on any atom is -0.348 e. The van der Waals surface area contributed by atoms with Crippen LogP contribution in [0.3, 0.4) is 0 Å². The zero-order chi connectivity index (χ0) is 20.1. The molecule has 2 N–H and O–H groups in total. The van der Waals surface area contributed by atoms with Crippen LogP contribution in [-0.4, -0.2) is 44.5 Å². The third-order valence-electron chi connectivity index (χ3n) is 5.39. The normalized spacial score (nSPS) is 13.3. The summed E-state index contributed by atoms with van der Waals surface area (Å²) in [4.78, 5) is 23.0. The Balaban J connectivity index is 1.67. The first-order valence-electron chi connectivity index (χ1n) is 9.60. The molecule has 0 spiro atoms. The highest BCUT2D eigenvalue weighted by Gasteiger charge is 2.28. The molecule has 1 aliphatic rings. The fraction of sp³-hybridized carbons (Fsp3) is 0.227. The highest BCUT2D eigenvalue weighted by Crippen LogP contribution is 2.37. The fourth-order valence-electron chi connectivity index (χ4n) is 4.02. The fourth-order valence-corrected chi connectivity index (χ4v) is 4.02. The first kappa shape index (κ1) is 17.6. The van der Waals surface area contributed by atoms with E-state index in [9.17, 15) is 4.79 Å². The minimum absolute atomic E-state index is 0.0588. The Labute approximate surface area is 168 Å². The molecule has 0 unspecified atom stereocenters. The molecular weight excluding hydrogens is 364 g/mol. The standard InChI is InChI=1S/C22H22N6O/c1-13-18(12-27(2)3)26-21(25-13)15-8-7-14(17-10-23-22(29)20(15)17)16-11-24-28-9-5-4-6-19(16)28/h4-9,11H,10,12H2,1-3H3,(H,23,29)(H,25,26). The number of aryl methyl sites for hydroxylation is 1. The Morgan fingerprint density at radius 2 is 1.97 bits per heavy atom. The second-order valence-electron chi connectivity index (χ2n) is 7.68. The molecule has 0 aliphatic carbocycles. The number of hydrogen-bond donors (Lipinski definition) is 2. The topological polar surface area (TPSA) is 78.3 Å². The molecule has 7 heteroatoms. The summed E-state index contributed by atoms with van der Waals surface area (Å²) < 4.78 is 1.85. The van der Waals surface area contributed by atoms with Crippen molar-refractivity contribution in [3.05, 3.63) is 65.2 Å². The molecule has 5 rings (SSSR count). The van der Waals surface area contributed by atoms with Gasteiger partial charge in [0.25, 0.3) is 5.91 Å². The van der Waals surface area contributed by atoms with Crippen LogP contribution in [0.4, 0.5) is 0 Å². The number of aromatic amines is 1. The highest BCUT2D eigenvalue weighted by molar-refractivity contribution is 6.06. The SMILES string of the molecule is Cc1[nH]c(-c2ccc(-c3cnn4ccccc34)c3c2C(=O)NC3)nc1CN(C)C. The Morgan fingerprint density at radius 3 is 2.79 bits per heavy atom. The lowest BCUT2D eigenvalue weighted by Gasteiger charge is -2.10. The molecule has 0 atom stereocenters. The van der Waals surface area contributed by atoms with E-state index in [2.05, 4.69) is 26.4 Å². The Hall–Kier alpha value is -3.45. The van der Waals surface area contributed by atoms with E-state index in [1.165, 1.54) is 0 Å². The second kappa shape index (κ2) is 6.56. The van der Waals surface area contributed by atoms with Gasteiger partial charge in [-0.05, 0) is 50.3 Å². The summed E-state index contributed by atoms with van der Waals surface area (Å²) in [5, 5.41) is 7.43. The van der Waals surface area contributed by atoms with Gasteiger partial charge in [0.1, 0.15) is 5.82 Å². The molecule has 0 saturated heterocycles. The maximum atomic E-state index is 12.7. The zero-order valence-corrected chi connectivity index (χ0v) is 16.7. The molecule has 4 heterocycles. The number of aromatic nitrogens is 4. The molecule has 146 valence electrons. The number of fused-ring (bicyclic) bond motifs is 2. The lowest BCUT2D eigenvalue weighted by molar-refractivity contribution is 0.0966. The summed E-state index contributed by atoms with van der Waals surface area (Å²) in [5.41, 5.74) is 7.61. The Bertz CT molecular complexity index is 1250. The first-order chi connectivity index (χ1) is 14.0. The van der Waals surface area contributed by atoms with Crippen LogP contribution in [0.15, 0.2) is 42.7 Å². The van der Waals surface area contributed by atoms with Gasteiger partial charge in [0, 0.05) is 36.1 Å². The summed E-state index contributed by atoms with van der Waals surface area (Å²) >= 11 is 0. The molecule has 3 aromatic heterocycles. The molecule has 7 nitrogen and oxygen atoms in total. The van der Waals surface area contributed by atoms with Crippen molar-refractivity contribution in [1.29, 1.82) is 0 Å². The predicted octanol–water partition coefficient (Wildman–Crippen LogP) is 3.00. The van der Waals surface area contributed by atoms with Crippen LogP contribution in [0.25, 0.3) is 28.0 Å². The van der Waals surface area contributed by atoms with Crippen LogP contribution < -0.4 is 5.32 Å². The van der Waals surface area contributed by atoms with Gasteiger partial charge in [0.2, 0.25) is 0 Å². The molecule has 1 amide bonds. The number of pyridine rings is 1. The van der Waals surface area contributed by atoms with E-state index in [4.69, 9.17) is 4.98 Å². The van der Waals surface area contributed by atoms with E-state index < -0.39 is 0 Å². The van der Waals surface area contributed by atoms with Crippen molar-refractivity contribution in [2.75, 3.05) is 14.1 Å². The minimum atomic E-state index is -0.0588. The number of rotatable bonds is 4. The number of nitrogens with one attached hydrogen (secondary N) is 2. The van der Waals surface area contributed by atoms with E-state index in [0.29, 0.717) is 12.1 Å². The average molecular weight is 386 g/mol. The number of carbonyl (C=O) groups excluding carboxylic acids is 1. The van der Waals surface area contributed by atoms with Gasteiger partial charge in [-0.3, -0.25) is 4.79 Å². The van der Waals surface area contributed by atoms with Crippen molar-refractivity contribution in [1.82, 2.24) is 29.8 Å². The largest absolute Gasteiger partial charge is 0.348 e. The van der Waals surface area contributed by atoms with E-state index in [-0.39, 0.29) is 5.91 Å².